The zero-order valence-corrected chi connectivity index (χ0v) is 10.9. The van der Waals surface area contributed by atoms with Crippen LogP contribution in [0.3, 0.4) is 0 Å². The fraction of sp³-hybridized carbons (Fsp3) is 0.500. The quantitative estimate of drug-likeness (QED) is 0.665. The van der Waals surface area contributed by atoms with Gasteiger partial charge in [-0.1, -0.05) is 0 Å². The molecule has 0 aliphatic heterocycles. The van der Waals surface area contributed by atoms with E-state index in [1.54, 1.807) is 6.92 Å². The van der Waals surface area contributed by atoms with Crippen molar-refractivity contribution >= 4 is 11.8 Å². The summed E-state index contributed by atoms with van der Waals surface area (Å²) in [6, 6.07) is 1.57. The minimum Gasteiger partial charge on any atom is -0.466 e. The highest BCUT2D eigenvalue weighted by Gasteiger charge is 2.19. The van der Waals surface area contributed by atoms with Gasteiger partial charge in [-0.15, -0.1) is 0 Å². The van der Waals surface area contributed by atoms with Gasteiger partial charge in [0.15, 0.2) is 0 Å². The van der Waals surface area contributed by atoms with Crippen LogP contribution in [0.2, 0.25) is 0 Å². The van der Waals surface area contributed by atoms with E-state index >= 15 is 0 Å². The van der Waals surface area contributed by atoms with E-state index in [0.29, 0.717) is 6.54 Å². The number of aryl methyl sites for hydroxylation is 2. The smallest absolute Gasteiger partial charge is 0.309 e. The minimum absolute atomic E-state index is 0.279. The first kappa shape index (κ1) is 14.2. The minimum atomic E-state index is -0.676. The Labute approximate surface area is 106 Å². The Kier molecular flexibility index (Phi) is 4.91. The molecule has 6 nitrogen and oxygen atoms in total. The van der Waals surface area contributed by atoms with E-state index in [-0.39, 0.29) is 12.6 Å². The van der Waals surface area contributed by atoms with Gasteiger partial charge in [0, 0.05) is 18.7 Å². The molecule has 0 aliphatic carbocycles. The largest absolute Gasteiger partial charge is 0.466 e. The number of nitrogens with one attached hydrogen (secondary N) is 2. The molecule has 1 atom stereocenters. The van der Waals surface area contributed by atoms with E-state index in [4.69, 9.17) is 10.2 Å². The number of rotatable bonds is 4. The molecule has 0 aromatic carbocycles. The van der Waals surface area contributed by atoms with E-state index in [9.17, 15) is 9.59 Å². The van der Waals surface area contributed by atoms with Gasteiger partial charge in [0.2, 0.25) is 0 Å². The average Bonchev–Trinajstić information content (AvgIpc) is 2.65. The molecule has 0 bridgehead atoms. The van der Waals surface area contributed by atoms with Gasteiger partial charge in [-0.25, -0.2) is 0 Å². The maximum atomic E-state index is 11.6. The maximum Gasteiger partial charge on any atom is 0.309 e. The first-order valence-corrected chi connectivity index (χ1v) is 5.81. The molecule has 0 saturated heterocycles. The number of amides is 2. The number of furan rings is 1. The molecule has 0 spiro atoms. The van der Waals surface area contributed by atoms with Gasteiger partial charge in [0.1, 0.15) is 11.5 Å². The van der Waals surface area contributed by atoms with E-state index in [2.05, 4.69) is 10.6 Å². The van der Waals surface area contributed by atoms with Crippen molar-refractivity contribution in [3.05, 3.63) is 23.2 Å². The van der Waals surface area contributed by atoms with Crippen LogP contribution in [0, 0.1) is 13.8 Å². The third-order valence-electron chi connectivity index (χ3n) is 2.53. The lowest BCUT2D eigenvalue weighted by Crippen LogP contribution is -2.42. The molecule has 1 unspecified atom stereocenters. The SMILES string of the molecule is Cc1cc(C(C)NC(=O)C(=O)NCCN)c(C)o1. The molecule has 0 saturated carbocycles. The van der Waals surface area contributed by atoms with Crippen LogP contribution in [-0.2, 0) is 9.59 Å². The summed E-state index contributed by atoms with van der Waals surface area (Å²) in [5, 5.41) is 5.02. The van der Waals surface area contributed by atoms with Crippen molar-refractivity contribution in [3.8, 4) is 0 Å². The fourth-order valence-electron chi connectivity index (χ4n) is 1.69. The third-order valence-corrected chi connectivity index (χ3v) is 2.53. The number of nitrogens with two attached hydrogens (primary N) is 1. The summed E-state index contributed by atoms with van der Waals surface area (Å²) in [4.78, 5) is 22.9. The van der Waals surface area contributed by atoms with Crippen molar-refractivity contribution < 1.29 is 14.0 Å². The van der Waals surface area contributed by atoms with Crippen LogP contribution in [0.15, 0.2) is 10.5 Å². The normalized spacial score (nSPS) is 12.0. The molecule has 0 fully saturated rings. The van der Waals surface area contributed by atoms with E-state index in [1.807, 2.05) is 19.9 Å². The Bertz CT molecular complexity index is 440. The van der Waals surface area contributed by atoms with Crippen LogP contribution < -0.4 is 16.4 Å². The molecule has 6 heteroatoms. The molecule has 18 heavy (non-hydrogen) atoms. The van der Waals surface area contributed by atoms with Crippen LogP contribution in [0.5, 0.6) is 0 Å². The summed E-state index contributed by atoms with van der Waals surface area (Å²) in [7, 11) is 0. The summed E-state index contributed by atoms with van der Waals surface area (Å²) in [5.74, 6) is 0.165. The predicted octanol–water partition coefficient (Wildman–Crippen LogP) is 0.149. The Hall–Kier alpha value is -1.82. The molecule has 0 radical (unpaired) electrons. The zero-order chi connectivity index (χ0) is 13.7. The van der Waals surface area contributed by atoms with Crippen molar-refractivity contribution in [2.24, 2.45) is 5.73 Å². The van der Waals surface area contributed by atoms with Crippen molar-refractivity contribution in [1.82, 2.24) is 10.6 Å². The fourth-order valence-corrected chi connectivity index (χ4v) is 1.69. The highest BCUT2D eigenvalue weighted by molar-refractivity contribution is 6.35. The second-order valence-electron chi connectivity index (χ2n) is 4.11. The molecule has 4 N–H and O–H groups in total. The van der Waals surface area contributed by atoms with Crippen LogP contribution in [-0.4, -0.2) is 24.9 Å². The van der Waals surface area contributed by atoms with Crippen LogP contribution >= 0.6 is 0 Å². The third kappa shape index (κ3) is 3.59. The first-order chi connectivity index (χ1) is 8.45. The lowest BCUT2D eigenvalue weighted by molar-refractivity contribution is -0.139. The topological polar surface area (TPSA) is 97.4 Å². The standard InChI is InChI=1S/C12H19N3O3/c1-7-6-10(9(3)18-7)8(2)15-12(17)11(16)14-5-4-13/h6,8H,4-5,13H2,1-3H3,(H,14,16)(H,15,17). The second-order valence-corrected chi connectivity index (χ2v) is 4.11. The molecule has 1 rings (SSSR count). The monoisotopic (exact) mass is 253 g/mol. The number of carbonyl (C=O) groups excluding carboxylic acids is 2. The molecule has 100 valence electrons. The molecule has 0 aliphatic rings. The Morgan fingerprint density at radius 2 is 2.06 bits per heavy atom. The van der Waals surface area contributed by atoms with Crippen molar-refractivity contribution in [2.45, 2.75) is 26.8 Å². The number of hydrogen-bond acceptors (Lipinski definition) is 4. The highest BCUT2D eigenvalue weighted by atomic mass is 16.3. The van der Waals surface area contributed by atoms with Crippen molar-refractivity contribution in [3.63, 3.8) is 0 Å². The van der Waals surface area contributed by atoms with E-state index in [0.717, 1.165) is 17.1 Å². The van der Waals surface area contributed by atoms with Gasteiger partial charge in [-0.3, -0.25) is 9.59 Å². The van der Waals surface area contributed by atoms with Crippen molar-refractivity contribution in [1.29, 1.82) is 0 Å². The van der Waals surface area contributed by atoms with Crippen molar-refractivity contribution in [2.75, 3.05) is 13.1 Å². The van der Waals surface area contributed by atoms with Crippen LogP contribution in [0.1, 0.15) is 30.0 Å². The molecule has 1 heterocycles. The van der Waals surface area contributed by atoms with Crippen LogP contribution in [0.4, 0.5) is 0 Å². The van der Waals surface area contributed by atoms with E-state index < -0.39 is 11.8 Å². The highest BCUT2D eigenvalue weighted by Crippen LogP contribution is 2.20. The average molecular weight is 253 g/mol. The predicted molar refractivity (Wildman–Crippen MR) is 66.8 cm³/mol. The second kappa shape index (κ2) is 6.20. The van der Waals surface area contributed by atoms with Gasteiger partial charge in [0.05, 0.1) is 6.04 Å². The Balaban J connectivity index is 2.59. The Morgan fingerprint density at radius 1 is 1.39 bits per heavy atom. The van der Waals surface area contributed by atoms with Gasteiger partial charge in [-0.2, -0.15) is 0 Å². The Morgan fingerprint density at radius 3 is 2.56 bits per heavy atom. The van der Waals surface area contributed by atoms with Gasteiger partial charge >= 0.3 is 11.8 Å². The van der Waals surface area contributed by atoms with Crippen LogP contribution in [0.25, 0.3) is 0 Å². The van der Waals surface area contributed by atoms with Gasteiger partial charge in [-0.05, 0) is 26.8 Å². The summed E-state index contributed by atoms with van der Waals surface area (Å²) >= 11 is 0. The molecular weight excluding hydrogens is 234 g/mol. The van der Waals surface area contributed by atoms with Gasteiger partial charge < -0.3 is 20.8 Å². The summed E-state index contributed by atoms with van der Waals surface area (Å²) in [6.45, 7) is 6.03. The molecule has 1 aromatic rings. The van der Waals surface area contributed by atoms with Gasteiger partial charge in [0.25, 0.3) is 0 Å². The summed E-state index contributed by atoms with van der Waals surface area (Å²) < 4.78 is 5.37. The summed E-state index contributed by atoms with van der Waals surface area (Å²) in [6.07, 6.45) is 0. The maximum absolute atomic E-state index is 11.6. The lowest BCUT2D eigenvalue weighted by atomic mass is 10.1. The molecular formula is C12H19N3O3. The zero-order valence-electron chi connectivity index (χ0n) is 10.9. The number of carbonyl (C=O) groups is 2. The number of hydrogen-bond donors (Lipinski definition) is 3. The first-order valence-electron chi connectivity index (χ1n) is 5.81. The van der Waals surface area contributed by atoms with E-state index in [1.165, 1.54) is 0 Å². The lowest BCUT2D eigenvalue weighted by Gasteiger charge is -2.12. The summed E-state index contributed by atoms with van der Waals surface area (Å²) in [5.41, 5.74) is 6.10. The molecule has 2 amide bonds. The molecule has 1 aromatic heterocycles.